The Labute approximate surface area is 196 Å². The molecule has 0 bridgehead atoms. The second-order valence-corrected chi connectivity index (χ2v) is 9.15. The van der Waals surface area contributed by atoms with Crippen molar-refractivity contribution >= 4 is 39.2 Å². The van der Waals surface area contributed by atoms with E-state index in [0.717, 1.165) is 32.6 Å². The molecule has 8 heteroatoms. The third-order valence-electron chi connectivity index (χ3n) is 5.58. The van der Waals surface area contributed by atoms with Gasteiger partial charge in [0, 0.05) is 16.5 Å². The van der Waals surface area contributed by atoms with E-state index in [0.29, 0.717) is 16.2 Å². The van der Waals surface area contributed by atoms with E-state index < -0.39 is 5.97 Å². The highest BCUT2D eigenvalue weighted by molar-refractivity contribution is 7.16. The summed E-state index contributed by atoms with van der Waals surface area (Å²) in [6.45, 7) is 9.75. The summed E-state index contributed by atoms with van der Waals surface area (Å²) >= 11 is 1.37. The summed E-state index contributed by atoms with van der Waals surface area (Å²) in [4.78, 5) is 30.8. The predicted octanol–water partition coefficient (Wildman–Crippen LogP) is 5.21. The minimum absolute atomic E-state index is 0.0209. The van der Waals surface area contributed by atoms with Crippen molar-refractivity contribution in [3.63, 3.8) is 0 Å². The molecule has 0 saturated heterocycles. The quantitative estimate of drug-likeness (QED) is 0.398. The van der Waals surface area contributed by atoms with Gasteiger partial charge in [-0.2, -0.15) is 5.10 Å². The van der Waals surface area contributed by atoms with E-state index >= 15 is 0 Å². The zero-order valence-electron chi connectivity index (χ0n) is 19.4. The fourth-order valence-electron chi connectivity index (χ4n) is 3.83. The van der Waals surface area contributed by atoms with Crippen LogP contribution in [-0.4, -0.2) is 33.2 Å². The second-order valence-electron chi connectivity index (χ2n) is 7.92. The Balaban J connectivity index is 1.64. The molecule has 0 radical (unpaired) electrons. The van der Waals surface area contributed by atoms with Gasteiger partial charge >= 0.3 is 5.97 Å². The Kier molecular flexibility index (Phi) is 6.29. The molecule has 0 unspecified atom stereocenters. The molecule has 7 nitrogen and oxygen atoms in total. The maximum atomic E-state index is 12.9. The number of nitrogens with one attached hydrogen (secondary N) is 1. The van der Waals surface area contributed by atoms with E-state index in [2.05, 4.69) is 46.6 Å². The highest BCUT2D eigenvalue weighted by Gasteiger charge is 2.23. The first-order chi connectivity index (χ1) is 15.8. The lowest BCUT2D eigenvalue weighted by atomic mass is 10.0. The first-order valence-corrected chi connectivity index (χ1v) is 11.6. The topological polar surface area (TPSA) is 86.1 Å². The highest BCUT2D eigenvalue weighted by atomic mass is 32.1. The Morgan fingerprint density at radius 1 is 1.09 bits per heavy atom. The molecule has 4 rings (SSSR count). The molecule has 0 aliphatic rings. The molecule has 0 aliphatic carbocycles. The SMILES string of the molecule is CCOC(=O)c1c(NC(=O)Cn2nc(C)c3c(-c4ccc(C)cc4)ccnc32)sc(C)c1C. The number of thiophene rings is 1. The van der Waals surface area contributed by atoms with Crippen LogP contribution in [0.2, 0.25) is 0 Å². The van der Waals surface area contributed by atoms with Gasteiger partial charge in [0.05, 0.1) is 17.9 Å². The Bertz CT molecular complexity index is 1350. The van der Waals surface area contributed by atoms with Crippen molar-refractivity contribution in [1.82, 2.24) is 14.8 Å². The third kappa shape index (κ3) is 4.39. The normalized spacial score (nSPS) is 11.1. The molecule has 0 spiro atoms. The number of ether oxygens (including phenoxy) is 1. The summed E-state index contributed by atoms with van der Waals surface area (Å²) in [7, 11) is 0. The smallest absolute Gasteiger partial charge is 0.341 e. The standard InChI is InChI=1S/C25H26N4O3S/c1-6-32-25(31)21-15(3)17(5)33-24(21)27-20(30)13-29-23-22(16(4)28-29)19(11-12-26-23)18-9-7-14(2)8-10-18/h7-12H,6,13H2,1-5H3,(H,27,30). The number of esters is 1. The fourth-order valence-corrected chi connectivity index (χ4v) is 4.90. The molecule has 33 heavy (non-hydrogen) atoms. The lowest BCUT2D eigenvalue weighted by molar-refractivity contribution is -0.116. The third-order valence-corrected chi connectivity index (χ3v) is 6.70. The molecule has 3 heterocycles. The van der Waals surface area contributed by atoms with Crippen LogP contribution in [0.1, 0.15) is 39.0 Å². The molecule has 0 atom stereocenters. The van der Waals surface area contributed by atoms with E-state index in [-0.39, 0.29) is 19.1 Å². The Morgan fingerprint density at radius 2 is 1.82 bits per heavy atom. The largest absolute Gasteiger partial charge is 0.462 e. The summed E-state index contributed by atoms with van der Waals surface area (Å²) in [6, 6.07) is 10.3. The van der Waals surface area contributed by atoms with Gasteiger partial charge in [0.25, 0.3) is 0 Å². The minimum Gasteiger partial charge on any atom is -0.462 e. The summed E-state index contributed by atoms with van der Waals surface area (Å²) in [5.41, 5.74) is 5.96. The van der Waals surface area contributed by atoms with Gasteiger partial charge in [0.2, 0.25) is 5.91 Å². The Morgan fingerprint density at radius 3 is 2.52 bits per heavy atom. The lowest BCUT2D eigenvalue weighted by Gasteiger charge is -2.08. The van der Waals surface area contributed by atoms with E-state index in [1.165, 1.54) is 16.9 Å². The lowest BCUT2D eigenvalue weighted by Crippen LogP contribution is -2.20. The highest BCUT2D eigenvalue weighted by Crippen LogP contribution is 2.33. The molecular formula is C25H26N4O3S. The predicted molar refractivity (Wildman–Crippen MR) is 131 cm³/mol. The number of nitrogens with zero attached hydrogens (tertiary/aromatic N) is 3. The number of anilines is 1. The zero-order chi connectivity index (χ0) is 23.7. The van der Waals surface area contributed by atoms with Crippen LogP contribution in [0.5, 0.6) is 0 Å². The van der Waals surface area contributed by atoms with Crippen LogP contribution in [0.25, 0.3) is 22.2 Å². The molecule has 3 aromatic heterocycles. The van der Waals surface area contributed by atoms with Gasteiger partial charge in [-0.15, -0.1) is 11.3 Å². The van der Waals surface area contributed by atoms with Gasteiger partial charge in [-0.25, -0.2) is 14.5 Å². The summed E-state index contributed by atoms with van der Waals surface area (Å²) in [5, 5.41) is 8.88. The minimum atomic E-state index is -0.431. The van der Waals surface area contributed by atoms with Crippen LogP contribution < -0.4 is 5.32 Å². The zero-order valence-corrected chi connectivity index (χ0v) is 20.2. The van der Waals surface area contributed by atoms with Crippen molar-refractivity contribution in [1.29, 1.82) is 0 Å². The number of rotatable bonds is 6. The van der Waals surface area contributed by atoms with Gasteiger partial charge < -0.3 is 10.1 Å². The van der Waals surface area contributed by atoms with Gasteiger partial charge in [-0.1, -0.05) is 29.8 Å². The average Bonchev–Trinajstić information content (AvgIpc) is 3.24. The van der Waals surface area contributed by atoms with Gasteiger partial charge in [0.1, 0.15) is 11.5 Å². The first kappa shape index (κ1) is 22.7. The van der Waals surface area contributed by atoms with E-state index in [1.54, 1.807) is 17.8 Å². The van der Waals surface area contributed by atoms with Gasteiger partial charge in [-0.3, -0.25) is 4.79 Å². The van der Waals surface area contributed by atoms with Gasteiger partial charge in [-0.05, 0) is 57.4 Å². The molecule has 1 N–H and O–H groups in total. The van der Waals surface area contributed by atoms with Crippen LogP contribution in [0, 0.1) is 27.7 Å². The maximum Gasteiger partial charge on any atom is 0.341 e. The molecule has 1 aromatic carbocycles. The van der Waals surface area contributed by atoms with Crippen LogP contribution >= 0.6 is 11.3 Å². The molecule has 4 aromatic rings. The van der Waals surface area contributed by atoms with Crippen molar-refractivity contribution in [3.8, 4) is 11.1 Å². The summed E-state index contributed by atoms with van der Waals surface area (Å²) in [6.07, 6.45) is 1.73. The first-order valence-electron chi connectivity index (χ1n) is 10.8. The number of aromatic nitrogens is 3. The number of pyridine rings is 1. The van der Waals surface area contributed by atoms with E-state index in [4.69, 9.17) is 4.74 Å². The maximum absolute atomic E-state index is 12.9. The van der Waals surface area contributed by atoms with Crippen LogP contribution in [0.15, 0.2) is 36.5 Å². The van der Waals surface area contributed by atoms with Crippen molar-refractivity contribution < 1.29 is 14.3 Å². The fraction of sp³-hybridized carbons (Fsp3) is 0.280. The number of benzene rings is 1. The van der Waals surface area contributed by atoms with Crippen molar-refractivity contribution in [2.24, 2.45) is 0 Å². The molecule has 1 amide bonds. The van der Waals surface area contributed by atoms with Crippen molar-refractivity contribution in [2.45, 2.75) is 41.2 Å². The van der Waals surface area contributed by atoms with Gasteiger partial charge in [0.15, 0.2) is 5.65 Å². The number of hydrogen-bond acceptors (Lipinski definition) is 6. The number of carbonyl (C=O) groups excluding carboxylic acids is 2. The molecule has 0 saturated carbocycles. The summed E-state index contributed by atoms with van der Waals surface area (Å²) < 4.78 is 6.78. The van der Waals surface area contributed by atoms with Crippen LogP contribution in [0.3, 0.4) is 0 Å². The average molecular weight is 463 g/mol. The van der Waals surface area contributed by atoms with E-state index in [1.807, 2.05) is 26.8 Å². The number of hydrogen-bond donors (Lipinski definition) is 1. The number of amides is 1. The monoisotopic (exact) mass is 462 g/mol. The molecule has 0 fully saturated rings. The number of aryl methyl sites for hydroxylation is 3. The Hall–Kier alpha value is -3.52. The second kappa shape index (κ2) is 9.15. The van der Waals surface area contributed by atoms with E-state index in [9.17, 15) is 9.59 Å². The molecular weight excluding hydrogens is 436 g/mol. The van der Waals surface area contributed by atoms with Crippen LogP contribution in [0.4, 0.5) is 5.00 Å². The number of fused-ring (bicyclic) bond motifs is 1. The van der Waals surface area contributed by atoms with Crippen molar-refractivity contribution in [2.75, 3.05) is 11.9 Å². The molecule has 170 valence electrons. The number of carbonyl (C=O) groups is 2. The van der Waals surface area contributed by atoms with Crippen LogP contribution in [-0.2, 0) is 16.1 Å². The molecule has 0 aliphatic heterocycles. The summed E-state index contributed by atoms with van der Waals surface area (Å²) in [5.74, 6) is -0.715. The van der Waals surface area contributed by atoms with Crippen molar-refractivity contribution in [3.05, 3.63) is 63.8 Å².